The van der Waals surface area contributed by atoms with Crippen molar-refractivity contribution in [2.24, 2.45) is 0 Å². The van der Waals surface area contributed by atoms with E-state index in [4.69, 9.17) is 9.47 Å². The molecule has 3 aliphatic rings. The van der Waals surface area contributed by atoms with Crippen LogP contribution in [-0.2, 0) is 6.54 Å². The molecule has 5 rings (SSSR count). The van der Waals surface area contributed by atoms with Crippen molar-refractivity contribution in [3.63, 3.8) is 0 Å². The highest BCUT2D eigenvalue weighted by atomic mass is 16.5. The Labute approximate surface area is 165 Å². The van der Waals surface area contributed by atoms with Crippen molar-refractivity contribution in [2.45, 2.75) is 51.6 Å². The monoisotopic (exact) mass is 376 g/mol. The zero-order valence-corrected chi connectivity index (χ0v) is 16.1. The Balaban J connectivity index is 1.45. The summed E-state index contributed by atoms with van der Waals surface area (Å²) in [6, 6.07) is 8.15. The number of ketones is 1. The van der Waals surface area contributed by atoms with Crippen LogP contribution in [-0.4, -0.2) is 28.4 Å². The molecule has 0 atom stereocenters. The molecule has 1 aromatic carbocycles. The zero-order valence-electron chi connectivity index (χ0n) is 16.1. The number of carbonyl (C=O) groups is 1. The van der Waals surface area contributed by atoms with E-state index < -0.39 is 0 Å². The number of ether oxygens (including phenoxy) is 2. The Morgan fingerprint density at radius 2 is 2.04 bits per heavy atom. The Bertz CT molecular complexity index is 946. The molecule has 28 heavy (non-hydrogen) atoms. The molecule has 144 valence electrons. The fraction of sp³-hybridized carbons (Fsp3) is 0.391. The van der Waals surface area contributed by atoms with Gasteiger partial charge < -0.3 is 9.47 Å². The smallest absolute Gasteiger partial charge is 0.232 e. The fourth-order valence-electron chi connectivity index (χ4n) is 4.54. The van der Waals surface area contributed by atoms with E-state index in [1.54, 1.807) is 12.3 Å². The molecule has 1 fully saturated rings. The van der Waals surface area contributed by atoms with Crippen molar-refractivity contribution in [1.29, 1.82) is 0 Å². The predicted octanol–water partition coefficient (Wildman–Crippen LogP) is 4.49. The van der Waals surface area contributed by atoms with Crippen LogP contribution in [0.5, 0.6) is 11.5 Å². The average Bonchev–Trinajstić information content (AvgIpc) is 3.05. The first kappa shape index (κ1) is 17.4. The third-order valence-electron chi connectivity index (χ3n) is 6.02. The van der Waals surface area contributed by atoms with E-state index in [-0.39, 0.29) is 5.78 Å². The van der Waals surface area contributed by atoms with E-state index in [1.165, 1.54) is 32.1 Å². The number of nitrogens with zero attached hydrogens (tertiary/aromatic N) is 2. The van der Waals surface area contributed by atoms with Crippen LogP contribution in [0.1, 0.15) is 59.3 Å². The van der Waals surface area contributed by atoms with Gasteiger partial charge in [0.25, 0.3) is 0 Å². The van der Waals surface area contributed by atoms with E-state index in [2.05, 4.69) is 9.88 Å². The van der Waals surface area contributed by atoms with E-state index in [1.807, 2.05) is 31.2 Å². The molecule has 0 amide bonds. The molecule has 0 saturated heterocycles. The third-order valence-corrected chi connectivity index (χ3v) is 6.02. The quantitative estimate of drug-likeness (QED) is 0.723. The first-order chi connectivity index (χ1) is 13.7. The van der Waals surface area contributed by atoms with Gasteiger partial charge >= 0.3 is 0 Å². The lowest BCUT2D eigenvalue weighted by atomic mass is 9.93. The number of benzene rings is 1. The first-order valence-corrected chi connectivity index (χ1v) is 10.1. The van der Waals surface area contributed by atoms with Crippen LogP contribution < -0.4 is 9.47 Å². The number of hydrogen-bond donors (Lipinski definition) is 0. The largest absolute Gasteiger partial charge is 0.477 e. The van der Waals surface area contributed by atoms with Crippen LogP contribution in [0.25, 0.3) is 6.08 Å². The van der Waals surface area contributed by atoms with Crippen molar-refractivity contribution in [1.82, 2.24) is 9.88 Å². The van der Waals surface area contributed by atoms with E-state index in [9.17, 15) is 4.79 Å². The van der Waals surface area contributed by atoms with Crippen LogP contribution in [0.2, 0.25) is 0 Å². The molecule has 5 heteroatoms. The average molecular weight is 376 g/mol. The summed E-state index contributed by atoms with van der Waals surface area (Å²) in [5.41, 5.74) is 3.34. The molecule has 2 aromatic rings. The Kier molecular flexibility index (Phi) is 4.40. The maximum Gasteiger partial charge on any atom is 0.232 e. The minimum atomic E-state index is -0.0821. The molecule has 5 nitrogen and oxygen atoms in total. The van der Waals surface area contributed by atoms with Gasteiger partial charge in [0.15, 0.2) is 5.76 Å². The molecule has 1 aliphatic carbocycles. The predicted molar refractivity (Wildman–Crippen MR) is 106 cm³/mol. The maximum absolute atomic E-state index is 12.9. The molecule has 0 bridgehead atoms. The lowest BCUT2D eigenvalue weighted by Gasteiger charge is -2.37. The third kappa shape index (κ3) is 3.00. The first-order valence-electron chi connectivity index (χ1n) is 10.1. The van der Waals surface area contributed by atoms with Crippen molar-refractivity contribution in [3.8, 4) is 11.5 Å². The van der Waals surface area contributed by atoms with Gasteiger partial charge in [-0.2, -0.15) is 0 Å². The second-order valence-corrected chi connectivity index (χ2v) is 7.87. The number of fused-ring (bicyclic) bond motifs is 2. The van der Waals surface area contributed by atoms with Gasteiger partial charge in [-0.15, -0.1) is 0 Å². The molecule has 0 radical (unpaired) electrons. The lowest BCUT2D eigenvalue weighted by molar-refractivity contribution is 0.0397. The number of carbonyl (C=O) groups excluding carboxylic acids is 1. The van der Waals surface area contributed by atoms with Gasteiger partial charge in [0.05, 0.1) is 11.3 Å². The second-order valence-electron chi connectivity index (χ2n) is 7.87. The summed E-state index contributed by atoms with van der Waals surface area (Å²) in [5.74, 6) is 1.74. The lowest BCUT2D eigenvalue weighted by Crippen LogP contribution is -2.41. The van der Waals surface area contributed by atoms with Crippen LogP contribution in [0.4, 0.5) is 0 Å². The minimum absolute atomic E-state index is 0.0821. The zero-order chi connectivity index (χ0) is 19.1. The van der Waals surface area contributed by atoms with Crippen molar-refractivity contribution in [2.75, 3.05) is 6.73 Å². The van der Waals surface area contributed by atoms with Crippen molar-refractivity contribution in [3.05, 3.63) is 58.6 Å². The summed E-state index contributed by atoms with van der Waals surface area (Å²) in [4.78, 5) is 19.6. The van der Waals surface area contributed by atoms with Gasteiger partial charge in [0, 0.05) is 36.0 Å². The van der Waals surface area contributed by atoms with Gasteiger partial charge in [-0.3, -0.25) is 14.7 Å². The number of hydrogen-bond acceptors (Lipinski definition) is 5. The summed E-state index contributed by atoms with van der Waals surface area (Å²) >= 11 is 0. The van der Waals surface area contributed by atoms with Crippen molar-refractivity contribution < 1.29 is 14.3 Å². The molecule has 1 saturated carbocycles. The van der Waals surface area contributed by atoms with Gasteiger partial charge in [-0.05, 0) is 38.0 Å². The summed E-state index contributed by atoms with van der Waals surface area (Å²) in [6.07, 6.45) is 9.82. The molecule has 1 aromatic heterocycles. The fourth-order valence-corrected chi connectivity index (χ4v) is 4.54. The van der Waals surface area contributed by atoms with Crippen LogP contribution in [0.15, 0.2) is 36.2 Å². The number of rotatable bonds is 2. The second kappa shape index (κ2) is 7.06. The Morgan fingerprint density at radius 1 is 1.18 bits per heavy atom. The number of Topliss-reactive ketones (excluding diaryl/α,β-unsaturated/α-hetero) is 1. The Morgan fingerprint density at radius 3 is 2.82 bits per heavy atom. The molecular weight excluding hydrogens is 352 g/mol. The van der Waals surface area contributed by atoms with Gasteiger partial charge in [-0.1, -0.05) is 25.3 Å². The maximum atomic E-state index is 12.9. The summed E-state index contributed by atoms with van der Waals surface area (Å²) in [7, 11) is 0. The highest BCUT2D eigenvalue weighted by Gasteiger charge is 2.34. The SMILES string of the molecule is Cc1c2c(cc3c1O/C(=C\c1ccccn1)C3=O)CN(C1CCCCC1)CO2. The topological polar surface area (TPSA) is 51.7 Å². The van der Waals surface area contributed by atoms with Crippen LogP contribution in [0, 0.1) is 6.92 Å². The normalized spacial score (nSPS) is 21.2. The molecule has 3 heterocycles. The van der Waals surface area contributed by atoms with Gasteiger partial charge in [0.2, 0.25) is 5.78 Å². The highest BCUT2D eigenvalue weighted by Crippen LogP contribution is 2.43. The standard InChI is InChI=1S/C23H24N2O3/c1-15-22-16(13-25(14-27-22)18-8-3-2-4-9-18)11-19-21(26)20(28-23(15)19)12-17-7-5-6-10-24-17/h5-7,10-12,18H,2-4,8-9,13-14H2,1H3/b20-12-. The Hall–Kier alpha value is -2.66. The summed E-state index contributed by atoms with van der Waals surface area (Å²) in [5, 5.41) is 0. The molecule has 0 spiro atoms. The molecular formula is C23H24N2O3. The van der Waals surface area contributed by atoms with E-state index >= 15 is 0 Å². The van der Waals surface area contributed by atoms with Gasteiger partial charge in [-0.25, -0.2) is 0 Å². The van der Waals surface area contributed by atoms with E-state index in [0.29, 0.717) is 35.5 Å². The van der Waals surface area contributed by atoms with Gasteiger partial charge in [0.1, 0.15) is 18.2 Å². The van der Waals surface area contributed by atoms with Crippen LogP contribution in [0.3, 0.4) is 0 Å². The number of pyridine rings is 1. The molecule has 0 N–H and O–H groups in total. The molecule has 0 unspecified atom stereocenters. The van der Waals surface area contributed by atoms with Crippen molar-refractivity contribution >= 4 is 11.9 Å². The van der Waals surface area contributed by atoms with Crippen LogP contribution >= 0.6 is 0 Å². The van der Waals surface area contributed by atoms with E-state index in [0.717, 1.165) is 23.4 Å². The highest BCUT2D eigenvalue weighted by molar-refractivity contribution is 6.15. The number of allylic oxidation sites excluding steroid dienone is 1. The molecule has 2 aliphatic heterocycles. The number of aromatic nitrogens is 1. The summed E-state index contributed by atoms with van der Waals surface area (Å²) in [6.45, 7) is 3.42. The minimum Gasteiger partial charge on any atom is -0.477 e. The summed E-state index contributed by atoms with van der Waals surface area (Å²) < 4.78 is 12.1.